The average molecular weight is 265 g/mol. The predicted octanol–water partition coefficient (Wildman–Crippen LogP) is 3.29. The Morgan fingerprint density at radius 1 is 1.37 bits per heavy atom. The van der Waals surface area contributed by atoms with Crippen molar-refractivity contribution in [2.75, 3.05) is 19.6 Å². The minimum absolute atomic E-state index is 0.207. The number of benzene rings is 1. The number of aryl methyl sites for hydroxylation is 1. The lowest BCUT2D eigenvalue weighted by atomic mass is 9.98. The monoisotopic (exact) mass is 265 g/mol. The molecule has 1 aliphatic rings. The summed E-state index contributed by atoms with van der Waals surface area (Å²) in [7, 11) is 0. The molecule has 0 bridgehead atoms. The SMILES string of the molecule is Cc1cc(C(O)CCN2CCC(C)CC2)ccc1F. The van der Waals surface area contributed by atoms with Crippen LogP contribution in [-0.2, 0) is 0 Å². The van der Waals surface area contributed by atoms with Crippen LogP contribution in [0.1, 0.15) is 43.4 Å². The van der Waals surface area contributed by atoms with Crippen LogP contribution >= 0.6 is 0 Å². The van der Waals surface area contributed by atoms with E-state index < -0.39 is 6.10 Å². The Kier molecular flexibility index (Phi) is 4.94. The van der Waals surface area contributed by atoms with Crippen LogP contribution in [0.5, 0.6) is 0 Å². The van der Waals surface area contributed by atoms with E-state index in [4.69, 9.17) is 0 Å². The largest absolute Gasteiger partial charge is 0.388 e. The molecule has 0 amide bonds. The molecular formula is C16H24FNO. The number of hydrogen-bond acceptors (Lipinski definition) is 2. The van der Waals surface area contributed by atoms with Gasteiger partial charge in [-0.3, -0.25) is 0 Å². The first-order chi connectivity index (χ1) is 9.06. The predicted molar refractivity (Wildman–Crippen MR) is 75.6 cm³/mol. The first-order valence-electron chi connectivity index (χ1n) is 7.22. The molecule has 3 heteroatoms. The van der Waals surface area contributed by atoms with Crippen LogP contribution in [-0.4, -0.2) is 29.6 Å². The van der Waals surface area contributed by atoms with Crippen LogP contribution in [0.25, 0.3) is 0 Å². The lowest BCUT2D eigenvalue weighted by Gasteiger charge is -2.30. The number of aliphatic hydroxyl groups excluding tert-OH is 1. The van der Waals surface area contributed by atoms with Gasteiger partial charge < -0.3 is 10.0 Å². The number of aliphatic hydroxyl groups is 1. The van der Waals surface area contributed by atoms with E-state index in [-0.39, 0.29) is 5.82 Å². The number of hydrogen-bond donors (Lipinski definition) is 1. The Labute approximate surface area is 115 Å². The molecule has 1 N–H and O–H groups in total. The number of rotatable bonds is 4. The highest BCUT2D eigenvalue weighted by Gasteiger charge is 2.17. The zero-order valence-electron chi connectivity index (χ0n) is 11.9. The fourth-order valence-corrected chi connectivity index (χ4v) is 2.63. The summed E-state index contributed by atoms with van der Waals surface area (Å²) in [4.78, 5) is 2.42. The maximum Gasteiger partial charge on any atom is 0.126 e. The molecular weight excluding hydrogens is 241 g/mol. The molecule has 1 heterocycles. The van der Waals surface area contributed by atoms with Gasteiger partial charge in [-0.1, -0.05) is 19.1 Å². The zero-order chi connectivity index (χ0) is 13.8. The molecule has 1 aromatic rings. The van der Waals surface area contributed by atoms with Crippen molar-refractivity contribution in [3.63, 3.8) is 0 Å². The lowest BCUT2D eigenvalue weighted by molar-refractivity contribution is 0.125. The topological polar surface area (TPSA) is 23.5 Å². The van der Waals surface area contributed by atoms with Crippen LogP contribution in [0.3, 0.4) is 0 Å². The summed E-state index contributed by atoms with van der Waals surface area (Å²) in [6.07, 6.45) is 2.75. The van der Waals surface area contributed by atoms with Gasteiger partial charge in [0.2, 0.25) is 0 Å². The molecule has 1 fully saturated rings. The third-order valence-electron chi connectivity index (χ3n) is 4.16. The second-order valence-corrected chi connectivity index (χ2v) is 5.84. The van der Waals surface area contributed by atoms with E-state index >= 15 is 0 Å². The van der Waals surface area contributed by atoms with E-state index in [1.807, 2.05) is 0 Å². The zero-order valence-corrected chi connectivity index (χ0v) is 11.9. The fourth-order valence-electron chi connectivity index (χ4n) is 2.63. The summed E-state index contributed by atoms with van der Waals surface area (Å²) in [6.45, 7) is 7.22. The Balaban J connectivity index is 1.83. The molecule has 0 aromatic heterocycles. The standard InChI is InChI=1S/C16H24FNO/c1-12-5-8-18(9-6-12)10-7-16(19)14-3-4-15(17)13(2)11-14/h3-4,11-12,16,19H,5-10H2,1-2H3. The summed E-state index contributed by atoms with van der Waals surface area (Å²) >= 11 is 0. The molecule has 0 saturated carbocycles. The first-order valence-corrected chi connectivity index (χ1v) is 7.22. The number of piperidine rings is 1. The van der Waals surface area contributed by atoms with E-state index in [1.54, 1.807) is 19.1 Å². The molecule has 0 aliphatic carbocycles. The molecule has 1 atom stereocenters. The fraction of sp³-hybridized carbons (Fsp3) is 0.625. The second kappa shape index (κ2) is 6.49. The summed E-state index contributed by atoms with van der Waals surface area (Å²) in [5.41, 5.74) is 1.42. The first kappa shape index (κ1) is 14.5. The summed E-state index contributed by atoms with van der Waals surface area (Å²) in [5, 5.41) is 10.2. The van der Waals surface area contributed by atoms with Crippen LogP contribution in [0, 0.1) is 18.7 Å². The van der Waals surface area contributed by atoms with Gasteiger partial charge in [-0.2, -0.15) is 0 Å². The quantitative estimate of drug-likeness (QED) is 0.903. The van der Waals surface area contributed by atoms with Crippen molar-refractivity contribution in [2.24, 2.45) is 5.92 Å². The van der Waals surface area contributed by atoms with E-state index in [0.717, 1.165) is 37.5 Å². The van der Waals surface area contributed by atoms with Gasteiger partial charge in [-0.25, -0.2) is 4.39 Å². The van der Waals surface area contributed by atoms with Gasteiger partial charge in [-0.05, 0) is 62.4 Å². The van der Waals surface area contributed by atoms with E-state index in [1.165, 1.54) is 18.9 Å². The van der Waals surface area contributed by atoms with Crippen LogP contribution < -0.4 is 0 Å². The molecule has 2 rings (SSSR count). The Morgan fingerprint density at radius 2 is 2.05 bits per heavy atom. The van der Waals surface area contributed by atoms with E-state index in [9.17, 15) is 9.50 Å². The van der Waals surface area contributed by atoms with Gasteiger partial charge in [0.25, 0.3) is 0 Å². The molecule has 1 saturated heterocycles. The normalized spacial score (nSPS) is 19.6. The maximum atomic E-state index is 13.2. The van der Waals surface area contributed by atoms with E-state index in [2.05, 4.69) is 11.8 Å². The molecule has 1 aromatic carbocycles. The molecule has 1 unspecified atom stereocenters. The van der Waals surface area contributed by atoms with E-state index in [0.29, 0.717) is 5.56 Å². The minimum Gasteiger partial charge on any atom is -0.388 e. The van der Waals surface area contributed by atoms with Gasteiger partial charge in [0.1, 0.15) is 5.82 Å². The summed E-state index contributed by atoms with van der Waals surface area (Å²) < 4.78 is 13.2. The highest BCUT2D eigenvalue weighted by Crippen LogP contribution is 2.21. The third-order valence-corrected chi connectivity index (χ3v) is 4.16. The van der Waals surface area contributed by atoms with Crippen molar-refractivity contribution in [2.45, 2.75) is 39.2 Å². The van der Waals surface area contributed by atoms with Crippen LogP contribution in [0.4, 0.5) is 4.39 Å². The van der Waals surface area contributed by atoms with Crippen molar-refractivity contribution in [3.05, 3.63) is 35.1 Å². The highest BCUT2D eigenvalue weighted by atomic mass is 19.1. The van der Waals surface area contributed by atoms with Gasteiger partial charge >= 0.3 is 0 Å². The molecule has 0 radical (unpaired) electrons. The van der Waals surface area contributed by atoms with Gasteiger partial charge in [0.05, 0.1) is 6.10 Å². The number of nitrogens with zero attached hydrogens (tertiary/aromatic N) is 1. The summed E-state index contributed by atoms with van der Waals surface area (Å²) in [5.74, 6) is 0.627. The Morgan fingerprint density at radius 3 is 2.68 bits per heavy atom. The summed E-state index contributed by atoms with van der Waals surface area (Å²) in [6, 6.07) is 4.88. The van der Waals surface area contributed by atoms with Gasteiger partial charge in [0.15, 0.2) is 0 Å². The van der Waals surface area contributed by atoms with Crippen LogP contribution in [0.2, 0.25) is 0 Å². The molecule has 106 valence electrons. The van der Waals surface area contributed by atoms with Crippen molar-refractivity contribution in [3.8, 4) is 0 Å². The van der Waals surface area contributed by atoms with Crippen molar-refractivity contribution in [1.29, 1.82) is 0 Å². The maximum absolute atomic E-state index is 13.2. The van der Waals surface area contributed by atoms with Crippen molar-refractivity contribution in [1.82, 2.24) is 4.90 Å². The van der Waals surface area contributed by atoms with Crippen LogP contribution in [0.15, 0.2) is 18.2 Å². The lowest BCUT2D eigenvalue weighted by Crippen LogP contribution is -2.34. The Hall–Kier alpha value is -0.930. The molecule has 19 heavy (non-hydrogen) atoms. The van der Waals surface area contributed by atoms with Gasteiger partial charge in [-0.15, -0.1) is 0 Å². The number of halogens is 1. The Bertz CT molecular complexity index is 413. The highest BCUT2D eigenvalue weighted by molar-refractivity contribution is 5.25. The molecule has 2 nitrogen and oxygen atoms in total. The third kappa shape index (κ3) is 4.02. The smallest absolute Gasteiger partial charge is 0.126 e. The van der Waals surface area contributed by atoms with Crippen molar-refractivity contribution < 1.29 is 9.50 Å². The number of likely N-dealkylation sites (tertiary alicyclic amines) is 1. The second-order valence-electron chi connectivity index (χ2n) is 5.84. The molecule has 0 spiro atoms. The van der Waals surface area contributed by atoms with Gasteiger partial charge in [0, 0.05) is 6.54 Å². The van der Waals surface area contributed by atoms with Crippen molar-refractivity contribution >= 4 is 0 Å². The average Bonchev–Trinajstić information content (AvgIpc) is 2.41. The molecule has 1 aliphatic heterocycles. The minimum atomic E-state index is -0.487.